The van der Waals surface area contributed by atoms with Crippen molar-refractivity contribution in [2.24, 2.45) is 0 Å². The van der Waals surface area contributed by atoms with E-state index >= 15 is 0 Å². The van der Waals surface area contributed by atoms with Gasteiger partial charge in [-0.3, -0.25) is 4.79 Å². The summed E-state index contributed by atoms with van der Waals surface area (Å²) in [5.74, 6) is -3.47. The van der Waals surface area contributed by atoms with Gasteiger partial charge in [0.15, 0.2) is 11.6 Å². The molecule has 0 fully saturated rings. The van der Waals surface area contributed by atoms with Crippen LogP contribution in [0.5, 0.6) is 0 Å². The molecule has 2 nitrogen and oxygen atoms in total. The Kier molecular flexibility index (Phi) is 5.00. The third-order valence-electron chi connectivity index (χ3n) is 2.22. The third kappa shape index (κ3) is 4.09. The van der Waals surface area contributed by atoms with Crippen LogP contribution in [0.4, 0.5) is 13.2 Å². The third-order valence-corrected chi connectivity index (χ3v) is 2.22. The van der Waals surface area contributed by atoms with E-state index in [2.05, 4.69) is 4.74 Å². The number of benzene rings is 1. The van der Waals surface area contributed by atoms with E-state index in [1.807, 2.05) is 0 Å². The van der Waals surface area contributed by atoms with Crippen molar-refractivity contribution in [3.63, 3.8) is 0 Å². The molecule has 0 heterocycles. The maximum atomic E-state index is 13.2. The van der Waals surface area contributed by atoms with E-state index in [1.54, 1.807) is 6.92 Å². The molecule has 0 saturated heterocycles. The number of carbonyl (C=O) groups excluding carboxylic acids is 1. The quantitative estimate of drug-likeness (QED) is 0.589. The van der Waals surface area contributed by atoms with Crippen LogP contribution in [-0.2, 0) is 16.0 Å². The first kappa shape index (κ1) is 13.5. The van der Waals surface area contributed by atoms with Crippen molar-refractivity contribution in [1.29, 1.82) is 0 Å². The first-order valence-corrected chi connectivity index (χ1v) is 5.33. The Morgan fingerprint density at radius 1 is 1.18 bits per heavy atom. The van der Waals surface area contributed by atoms with Crippen LogP contribution in [0.2, 0.25) is 0 Å². The highest BCUT2D eigenvalue weighted by atomic mass is 19.2. The van der Waals surface area contributed by atoms with E-state index in [-0.39, 0.29) is 24.4 Å². The number of hydrogen-bond acceptors (Lipinski definition) is 2. The Morgan fingerprint density at radius 3 is 2.47 bits per heavy atom. The minimum atomic E-state index is -1.21. The number of aryl methyl sites for hydroxylation is 1. The topological polar surface area (TPSA) is 26.3 Å². The molecule has 17 heavy (non-hydrogen) atoms. The molecular formula is C12H13F3O2. The first-order chi connectivity index (χ1) is 8.04. The van der Waals surface area contributed by atoms with Gasteiger partial charge in [-0.2, -0.15) is 0 Å². The highest BCUT2D eigenvalue weighted by Gasteiger charge is 2.10. The van der Waals surface area contributed by atoms with E-state index < -0.39 is 17.5 Å². The summed E-state index contributed by atoms with van der Waals surface area (Å²) in [6, 6.07) is 1.32. The summed E-state index contributed by atoms with van der Waals surface area (Å²) in [6.07, 6.45) is 0.634. The van der Waals surface area contributed by atoms with Crippen LogP contribution < -0.4 is 0 Å². The van der Waals surface area contributed by atoms with Crippen LogP contribution in [0.25, 0.3) is 0 Å². The van der Waals surface area contributed by atoms with Gasteiger partial charge in [0.1, 0.15) is 5.82 Å². The van der Waals surface area contributed by atoms with Gasteiger partial charge in [0.05, 0.1) is 6.61 Å². The van der Waals surface area contributed by atoms with Gasteiger partial charge in [-0.1, -0.05) is 0 Å². The van der Waals surface area contributed by atoms with Crippen LogP contribution in [0.15, 0.2) is 12.1 Å². The molecule has 94 valence electrons. The maximum absolute atomic E-state index is 13.2. The van der Waals surface area contributed by atoms with Crippen LogP contribution in [-0.4, -0.2) is 12.6 Å². The number of rotatable bonds is 5. The van der Waals surface area contributed by atoms with E-state index in [4.69, 9.17) is 0 Å². The van der Waals surface area contributed by atoms with Crippen LogP contribution in [0, 0.1) is 17.5 Å². The van der Waals surface area contributed by atoms with Gasteiger partial charge in [0.2, 0.25) is 0 Å². The fourth-order valence-electron chi connectivity index (χ4n) is 1.41. The van der Waals surface area contributed by atoms with Gasteiger partial charge < -0.3 is 4.74 Å². The lowest BCUT2D eigenvalue weighted by Gasteiger charge is -2.04. The van der Waals surface area contributed by atoms with Crippen molar-refractivity contribution in [1.82, 2.24) is 0 Å². The molecule has 0 bridgehead atoms. The smallest absolute Gasteiger partial charge is 0.305 e. The predicted octanol–water partition coefficient (Wildman–Crippen LogP) is 2.99. The number of halogens is 3. The van der Waals surface area contributed by atoms with E-state index in [0.717, 1.165) is 6.07 Å². The predicted molar refractivity (Wildman–Crippen MR) is 55.9 cm³/mol. The van der Waals surface area contributed by atoms with Crippen molar-refractivity contribution >= 4 is 5.97 Å². The molecule has 0 aliphatic rings. The second-order valence-electron chi connectivity index (χ2n) is 3.52. The van der Waals surface area contributed by atoms with Gasteiger partial charge in [-0.15, -0.1) is 0 Å². The van der Waals surface area contributed by atoms with Crippen molar-refractivity contribution in [2.45, 2.75) is 26.2 Å². The molecule has 0 N–H and O–H groups in total. The molecular weight excluding hydrogens is 233 g/mol. The largest absolute Gasteiger partial charge is 0.466 e. The summed E-state index contributed by atoms with van der Waals surface area (Å²) in [5.41, 5.74) is 0.0631. The molecule has 5 heteroatoms. The maximum Gasteiger partial charge on any atom is 0.305 e. The Morgan fingerprint density at radius 2 is 1.82 bits per heavy atom. The Bertz CT molecular complexity index is 405. The molecule has 1 aromatic carbocycles. The van der Waals surface area contributed by atoms with Crippen LogP contribution in [0.3, 0.4) is 0 Å². The summed E-state index contributed by atoms with van der Waals surface area (Å²) >= 11 is 0. The number of carbonyl (C=O) groups is 1. The van der Waals surface area contributed by atoms with Crippen LogP contribution >= 0.6 is 0 Å². The van der Waals surface area contributed by atoms with Crippen molar-refractivity contribution in [3.05, 3.63) is 35.1 Å². The number of hydrogen-bond donors (Lipinski definition) is 0. The molecule has 0 aliphatic carbocycles. The Labute approximate surface area is 97.4 Å². The molecule has 1 aromatic rings. The van der Waals surface area contributed by atoms with Gasteiger partial charge >= 0.3 is 5.97 Å². The Hall–Kier alpha value is -1.52. The summed E-state index contributed by atoms with van der Waals surface area (Å²) in [5, 5.41) is 0. The van der Waals surface area contributed by atoms with Crippen molar-refractivity contribution < 1.29 is 22.7 Å². The number of esters is 1. The minimum Gasteiger partial charge on any atom is -0.466 e. The SMILES string of the molecule is CCOC(=O)CCCc1cc(F)c(F)cc1F. The molecule has 0 saturated carbocycles. The highest BCUT2D eigenvalue weighted by Crippen LogP contribution is 2.15. The van der Waals surface area contributed by atoms with Crippen molar-refractivity contribution in [3.8, 4) is 0 Å². The molecule has 0 amide bonds. The molecule has 0 unspecified atom stereocenters. The lowest BCUT2D eigenvalue weighted by Crippen LogP contribution is -2.04. The van der Waals surface area contributed by atoms with Gasteiger partial charge in [0.25, 0.3) is 0 Å². The summed E-state index contributed by atoms with van der Waals surface area (Å²) in [6.45, 7) is 1.98. The average Bonchev–Trinajstić information content (AvgIpc) is 2.26. The van der Waals surface area contributed by atoms with Gasteiger partial charge in [-0.05, 0) is 31.4 Å². The fourth-order valence-corrected chi connectivity index (χ4v) is 1.41. The molecule has 0 aromatic heterocycles. The lowest BCUT2D eigenvalue weighted by atomic mass is 10.1. The molecule has 0 spiro atoms. The first-order valence-electron chi connectivity index (χ1n) is 5.33. The standard InChI is InChI=1S/C12H13F3O2/c1-2-17-12(16)5-3-4-8-6-10(14)11(15)7-9(8)13/h6-7H,2-5H2,1H3. The highest BCUT2D eigenvalue weighted by molar-refractivity contribution is 5.69. The van der Waals surface area contributed by atoms with Gasteiger partial charge in [0, 0.05) is 12.5 Å². The van der Waals surface area contributed by atoms with Crippen molar-refractivity contribution in [2.75, 3.05) is 6.61 Å². The zero-order valence-corrected chi connectivity index (χ0v) is 9.43. The van der Waals surface area contributed by atoms with E-state index in [1.165, 1.54) is 0 Å². The fraction of sp³-hybridized carbons (Fsp3) is 0.417. The molecule has 1 rings (SSSR count). The summed E-state index contributed by atoms with van der Waals surface area (Å²) in [4.78, 5) is 11.0. The number of ether oxygens (including phenoxy) is 1. The molecule has 0 atom stereocenters. The monoisotopic (exact) mass is 246 g/mol. The molecule has 0 radical (unpaired) electrons. The lowest BCUT2D eigenvalue weighted by molar-refractivity contribution is -0.143. The Balaban J connectivity index is 2.52. The zero-order valence-electron chi connectivity index (χ0n) is 9.43. The second kappa shape index (κ2) is 6.27. The van der Waals surface area contributed by atoms with E-state index in [0.29, 0.717) is 19.1 Å². The normalized spacial score (nSPS) is 10.4. The van der Waals surface area contributed by atoms with Gasteiger partial charge in [-0.25, -0.2) is 13.2 Å². The minimum absolute atomic E-state index is 0.0631. The molecule has 0 aliphatic heterocycles. The summed E-state index contributed by atoms with van der Waals surface area (Å²) < 4.78 is 43.3. The zero-order chi connectivity index (χ0) is 12.8. The average molecular weight is 246 g/mol. The van der Waals surface area contributed by atoms with E-state index in [9.17, 15) is 18.0 Å². The second-order valence-corrected chi connectivity index (χ2v) is 3.52. The van der Waals surface area contributed by atoms with Crippen LogP contribution in [0.1, 0.15) is 25.3 Å². The summed E-state index contributed by atoms with van der Waals surface area (Å²) in [7, 11) is 0.